The third kappa shape index (κ3) is 11.7. The van der Waals surface area contributed by atoms with E-state index in [2.05, 4.69) is 315 Å². The Morgan fingerprint density at radius 3 is 0.798 bits per heavy atom. The second-order valence-corrected chi connectivity index (χ2v) is 22.6. The molecule has 1 aliphatic rings. The molecule has 0 fully saturated rings. The number of rotatable bonds is 13. The first-order valence-corrected chi connectivity index (χ1v) is 30.2. The molecule has 0 amide bonds. The Balaban J connectivity index is 1.05. The molecule has 0 aromatic heterocycles. The quantitative estimate of drug-likeness (QED) is 0.115. The summed E-state index contributed by atoms with van der Waals surface area (Å²) in [5.41, 5.74) is 26.8. The lowest BCUT2D eigenvalue weighted by molar-refractivity contribution is 1.40. The molecule has 1 aliphatic carbocycles. The second-order valence-electron chi connectivity index (χ2n) is 22.6. The van der Waals surface area contributed by atoms with Crippen molar-refractivity contribution in [3.05, 3.63) is 362 Å². The van der Waals surface area contributed by atoms with Gasteiger partial charge < -0.3 is 0 Å². The third-order valence-corrected chi connectivity index (χ3v) is 16.9. The molecule has 0 bridgehead atoms. The molecule has 89 heavy (non-hydrogen) atoms. The van der Waals surface area contributed by atoms with Crippen molar-refractivity contribution >= 4 is 11.1 Å². The molecule has 416 valence electrons. The van der Waals surface area contributed by atoms with E-state index < -0.39 is 0 Å². The van der Waals surface area contributed by atoms with E-state index in [9.17, 15) is 10.5 Å². The summed E-state index contributed by atoms with van der Waals surface area (Å²) in [4.78, 5) is 0. The van der Waals surface area contributed by atoms with E-state index >= 15 is 0 Å². The lowest BCUT2D eigenvalue weighted by Gasteiger charge is -2.20. The van der Waals surface area contributed by atoms with Gasteiger partial charge in [-0.3, -0.25) is 0 Å². The van der Waals surface area contributed by atoms with Crippen LogP contribution in [0.25, 0.3) is 134 Å². The Hall–Kier alpha value is -11.9. The van der Waals surface area contributed by atoms with E-state index in [4.69, 9.17) is 0 Å². The molecule has 2 heteroatoms. The smallest absolute Gasteiger partial charge is 0.100 e. The predicted molar refractivity (Wildman–Crippen MR) is 372 cm³/mol. The number of benzene rings is 13. The standard InChI is InChI=1S/C87H58N2/c88-58-86-82(78-47-71(62-29-12-3-13-30-62)45-72(48-78)63-31-14-4-15-32-63)54-76(69-40-23-22-39-67(43-69)60-25-8-1-9-26-60)55-84(86)80-51-75(66-37-20-7-21-38-66)52-81(53-80)85-57-77(70-42-24-41-68(44-70)61-27-10-2-11-28-61)56-83(87(85)59-89)79-49-73(64-33-16-5-17-34-64)46-74(50-79)65-35-18-6-19-36-65/h1-22,24-57H,23H2. The average Bonchev–Trinajstić information content (AvgIpc) is 3.81. The Labute approximate surface area is 521 Å². The molecule has 0 aliphatic heterocycles. The molecule has 0 N–H and O–H groups in total. The zero-order chi connectivity index (χ0) is 59.9. The number of hydrogen-bond acceptors (Lipinski definition) is 2. The monoisotopic (exact) mass is 1130 g/mol. The Morgan fingerprint density at radius 1 is 0.213 bits per heavy atom. The summed E-state index contributed by atoms with van der Waals surface area (Å²) in [5, 5.41) is 24.0. The number of nitrogens with zero attached hydrogens (tertiary/aromatic N) is 2. The van der Waals surface area contributed by atoms with E-state index in [1.54, 1.807) is 0 Å². The van der Waals surface area contributed by atoms with Gasteiger partial charge in [-0.15, -0.1) is 0 Å². The highest BCUT2D eigenvalue weighted by Crippen LogP contribution is 2.46. The summed E-state index contributed by atoms with van der Waals surface area (Å²) >= 11 is 0. The Kier molecular flexibility index (Phi) is 15.4. The predicted octanol–water partition coefficient (Wildman–Crippen LogP) is 23.2. The normalized spacial score (nSPS) is 11.8. The molecule has 0 radical (unpaired) electrons. The minimum Gasteiger partial charge on any atom is -0.192 e. The highest BCUT2D eigenvalue weighted by Gasteiger charge is 2.23. The third-order valence-electron chi connectivity index (χ3n) is 16.9. The van der Waals surface area contributed by atoms with Crippen LogP contribution in [0.15, 0.2) is 340 Å². The van der Waals surface area contributed by atoms with Gasteiger partial charge in [0.2, 0.25) is 0 Å². The first-order chi connectivity index (χ1) is 44.0. The molecule has 0 saturated heterocycles. The van der Waals surface area contributed by atoms with Crippen molar-refractivity contribution in [1.82, 2.24) is 0 Å². The van der Waals surface area contributed by atoms with Crippen LogP contribution in [0.5, 0.6) is 0 Å². The van der Waals surface area contributed by atoms with Crippen LogP contribution in [0.3, 0.4) is 0 Å². The van der Waals surface area contributed by atoms with Gasteiger partial charge in [-0.1, -0.05) is 249 Å². The van der Waals surface area contributed by atoms with Gasteiger partial charge in [0.15, 0.2) is 0 Å². The largest absolute Gasteiger partial charge is 0.192 e. The van der Waals surface area contributed by atoms with E-state index in [1.165, 1.54) is 0 Å². The van der Waals surface area contributed by atoms with Gasteiger partial charge in [0.1, 0.15) is 12.1 Å². The molecule has 0 spiro atoms. The van der Waals surface area contributed by atoms with Crippen LogP contribution in [-0.4, -0.2) is 0 Å². The molecule has 2 nitrogen and oxygen atoms in total. The lowest BCUT2D eigenvalue weighted by atomic mass is 9.83. The fourth-order valence-electron chi connectivity index (χ4n) is 12.4. The first kappa shape index (κ1) is 55.0. The van der Waals surface area contributed by atoms with Gasteiger partial charge in [0.05, 0.1) is 11.1 Å². The Bertz CT molecular complexity index is 4820. The fraction of sp³-hybridized carbons (Fsp3) is 0.0115. The van der Waals surface area contributed by atoms with E-state index in [1.807, 2.05) is 36.4 Å². The molecular formula is C87H58N2. The summed E-state index contributed by atoms with van der Waals surface area (Å²) in [6.07, 6.45) is 9.73. The molecule has 0 unspecified atom stereocenters. The zero-order valence-electron chi connectivity index (χ0n) is 48.9. The van der Waals surface area contributed by atoms with Crippen LogP contribution in [0, 0.1) is 22.7 Å². The van der Waals surface area contributed by atoms with Crippen molar-refractivity contribution < 1.29 is 0 Å². The molecule has 13 aromatic carbocycles. The summed E-state index contributed by atoms with van der Waals surface area (Å²) in [7, 11) is 0. The van der Waals surface area contributed by atoms with E-state index in [0.29, 0.717) is 11.1 Å². The number of nitriles is 2. The summed E-state index contributed by atoms with van der Waals surface area (Å²) in [5.74, 6) is 0. The molecule has 0 heterocycles. The molecule has 0 saturated carbocycles. The number of hydrogen-bond donors (Lipinski definition) is 0. The van der Waals surface area contributed by atoms with Crippen molar-refractivity contribution in [1.29, 1.82) is 10.5 Å². The fourth-order valence-corrected chi connectivity index (χ4v) is 12.4. The van der Waals surface area contributed by atoms with Crippen LogP contribution in [-0.2, 0) is 0 Å². The van der Waals surface area contributed by atoms with Crippen molar-refractivity contribution in [3.8, 4) is 135 Å². The van der Waals surface area contributed by atoms with Gasteiger partial charge in [0.25, 0.3) is 0 Å². The van der Waals surface area contributed by atoms with Gasteiger partial charge in [-0.25, -0.2) is 0 Å². The summed E-state index contributed by atoms with van der Waals surface area (Å²) < 4.78 is 0. The maximum absolute atomic E-state index is 12.0. The lowest BCUT2D eigenvalue weighted by Crippen LogP contribution is -1.98. The molecule has 14 rings (SSSR count). The van der Waals surface area contributed by atoms with Crippen molar-refractivity contribution in [2.24, 2.45) is 0 Å². The van der Waals surface area contributed by atoms with E-state index in [0.717, 1.165) is 151 Å². The van der Waals surface area contributed by atoms with Gasteiger partial charge in [-0.05, 0) is 220 Å². The van der Waals surface area contributed by atoms with Crippen LogP contribution in [0.2, 0.25) is 0 Å². The minimum atomic E-state index is 0.546. The summed E-state index contributed by atoms with van der Waals surface area (Å²) in [6.45, 7) is 0. The van der Waals surface area contributed by atoms with E-state index in [-0.39, 0.29) is 0 Å². The second kappa shape index (κ2) is 24.9. The van der Waals surface area contributed by atoms with Gasteiger partial charge in [-0.2, -0.15) is 10.5 Å². The minimum absolute atomic E-state index is 0.546. The van der Waals surface area contributed by atoms with Crippen LogP contribution in [0.4, 0.5) is 0 Å². The molecule has 13 aromatic rings. The average molecular weight is 1130 g/mol. The number of allylic oxidation sites excluding steroid dienone is 6. The Morgan fingerprint density at radius 2 is 0.461 bits per heavy atom. The van der Waals surface area contributed by atoms with Gasteiger partial charge >= 0.3 is 0 Å². The maximum Gasteiger partial charge on any atom is 0.100 e. The maximum atomic E-state index is 12.0. The van der Waals surface area contributed by atoms with Crippen molar-refractivity contribution in [2.45, 2.75) is 6.42 Å². The van der Waals surface area contributed by atoms with Crippen LogP contribution >= 0.6 is 0 Å². The van der Waals surface area contributed by atoms with Crippen LogP contribution in [0.1, 0.15) is 28.7 Å². The molecular weight excluding hydrogens is 1070 g/mol. The highest BCUT2D eigenvalue weighted by molar-refractivity contribution is 5.98. The summed E-state index contributed by atoms with van der Waals surface area (Å²) in [6, 6.07) is 117. The van der Waals surface area contributed by atoms with Crippen molar-refractivity contribution in [2.75, 3.05) is 0 Å². The van der Waals surface area contributed by atoms with Crippen molar-refractivity contribution in [3.63, 3.8) is 0 Å². The molecule has 0 atom stereocenters. The van der Waals surface area contributed by atoms with Gasteiger partial charge in [0, 0.05) is 22.3 Å². The van der Waals surface area contributed by atoms with Crippen LogP contribution < -0.4 is 0 Å². The zero-order valence-corrected chi connectivity index (χ0v) is 48.9. The SMILES string of the molecule is N#Cc1c(-c2cc(-c3ccccc3)cc(-c3ccccc3)c2)cc(C2=CCC=CC(c3ccccc3)=C2)cc1-c1cc(-c2ccccc2)cc(-c2cc(-c3cccc(-c4ccccc4)c3)cc(-c3cc(-c4ccccc4)cc(-c4ccccc4)c3)c2C#N)c1. The topological polar surface area (TPSA) is 47.6 Å². The first-order valence-electron chi connectivity index (χ1n) is 30.2. The highest BCUT2D eigenvalue weighted by atomic mass is 14.3.